The smallest absolute Gasteiger partial charge is 0.269 e. The molecule has 0 aliphatic rings. The summed E-state index contributed by atoms with van der Waals surface area (Å²) in [5.41, 5.74) is 0. The van der Waals surface area contributed by atoms with Crippen LogP contribution in [0.25, 0.3) is 0 Å². The molecule has 22 heavy (non-hydrogen) atoms. The number of halogens is 1. The number of aromatic nitrogens is 1. The fourth-order valence-electron chi connectivity index (χ4n) is 1.81. The molecule has 0 N–H and O–H groups in total. The van der Waals surface area contributed by atoms with Crippen molar-refractivity contribution in [2.75, 3.05) is 25.6 Å². The first-order valence-corrected chi connectivity index (χ1v) is 8.04. The van der Waals surface area contributed by atoms with Crippen LogP contribution in [-0.2, 0) is 10.0 Å². The Morgan fingerprint density at radius 1 is 1.14 bits per heavy atom. The van der Waals surface area contributed by atoms with Gasteiger partial charge in [-0.2, -0.15) is 0 Å². The van der Waals surface area contributed by atoms with Crippen molar-refractivity contribution in [1.29, 1.82) is 0 Å². The maximum absolute atomic E-state index is 12.8. The Morgan fingerprint density at radius 2 is 1.86 bits per heavy atom. The minimum absolute atomic E-state index is 0.00593. The third kappa shape index (κ3) is 3.10. The lowest BCUT2D eigenvalue weighted by Crippen LogP contribution is -2.27. The molecule has 0 aliphatic carbocycles. The molecule has 0 spiro atoms. The zero-order valence-electron chi connectivity index (χ0n) is 12.3. The van der Waals surface area contributed by atoms with E-state index < -0.39 is 10.0 Å². The molecule has 0 aliphatic heterocycles. The van der Waals surface area contributed by atoms with Crippen molar-refractivity contribution in [3.63, 3.8) is 0 Å². The number of ether oxygens (including phenoxy) is 2. The third-order valence-electron chi connectivity index (χ3n) is 3.04. The molecule has 1 aromatic heterocycles. The molecule has 0 radical (unpaired) electrons. The van der Waals surface area contributed by atoms with E-state index in [0.717, 1.165) is 4.31 Å². The lowest BCUT2D eigenvalue weighted by atomic mass is 10.3. The van der Waals surface area contributed by atoms with Crippen LogP contribution in [0.1, 0.15) is 0 Å². The Balaban J connectivity index is 2.51. The van der Waals surface area contributed by atoms with Gasteiger partial charge in [0, 0.05) is 19.3 Å². The van der Waals surface area contributed by atoms with Crippen LogP contribution in [0.5, 0.6) is 11.5 Å². The summed E-state index contributed by atoms with van der Waals surface area (Å²) in [5.74, 6) is 0.882. The highest BCUT2D eigenvalue weighted by atomic mass is 35.5. The average Bonchev–Trinajstić information content (AvgIpc) is 2.54. The van der Waals surface area contributed by atoms with Crippen LogP contribution < -0.4 is 13.8 Å². The summed E-state index contributed by atoms with van der Waals surface area (Å²) in [7, 11) is 0.415. The number of rotatable bonds is 5. The molecule has 118 valence electrons. The molecule has 0 saturated heterocycles. The molecular formula is C14H15ClN2O4S. The Kier molecular flexibility index (Phi) is 4.77. The van der Waals surface area contributed by atoms with E-state index in [1.54, 1.807) is 12.1 Å². The normalized spacial score (nSPS) is 11.1. The maximum Gasteiger partial charge on any atom is 0.269 e. The summed E-state index contributed by atoms with van der Waals surface area (Å²) in [4.78, 5) is 4.00. The molecule has 1 heterocycles. The zero-order chi connectivity index (χ0) is 16.3. The fourth-order valence-corrected chi connectivity index (χ4v) is 3.24. The van der Waals surface area contributed by atoms with Gasteiger partial charge in [0.25, 0.3) is 10.0 Å². The Morgan fingerprint density at radius 3 is 2.41 bits per heavy atom. The molecule has 2 aromatic rings. The quantitative estimate of drug-likeness (QED) is 0.835. The van der Waals surface area contributed by atoms with Crippen LogP contribution in [0.3, 0.4) is 0 Å². The SMILES string of the molecule is COc1ccc(OC)c(S(=O)(=O)N(C)c2ccc(Cl)cn2)c1. The van der Waals surface area contributed by atoms with Crippen LogP contribution in [0.4, 0.5) is 5.82 Å². The molecule has 0 atom stereocenters. The summed E-state index contributed by atoms with van der Waals surface area (Å²) >= 11 is 5.77. The van der Waals surface area contributed by atoms with E-state index in [0.29, 0.717) is 10.8 Å². The second-order valence-electron chi connectivity index (χ2n) is 4.32. The Hall–Kier alpha value is -1.99. The van der Waals surface area contributed by atoms with Crippen molar-refractivity contribution < 1.29 is 17.9 Å². The molecule has 0 amide bonds. The first-order chi connectivity index (χ1) is 10.4. The Bertz CT molecular complexity index is 763. The van der Waals surface area contributed by atoms with Crippen molar-refractivity contribution in [3.8, 4) is 11.5 Å². The van der Waals surface area contributed by atoms with Crippen molar-refractivity contribution in [3.05, 3.63) is 41.6 Å². The number of sulfonamides is 1. The van der Waals surface area contributed by atoms with E-state index in [2.05, 4.69) is 4.98 Å². The van der Waals surface area contributed by atoms with Gasteiger partial charge in [-0.25, -0.2) is 13.4 Å². The second kappa shape index (κ2) is 6.41. The largest absolute Gasteiger partial charge is 0.497 e. The highest BCUT2D eigenvalue weighted by molar-refractivity contribution is 7.92. The average molecular weight is 343 g/mol. The molecule has 1 aromatic carbocycles. The van der Waals surface area contributed by atoms with Gasteiger partial charge in [0.05, 0.1) is 19.2 Å². The van der Waals surface area contributed by atoms with Crippen LogP contribution in [0.2, 0.25) is 5.02 Å². The van der Waals surface area contributed by atoms with Crippen molar-refractivity contribution >= 4 is 27.4 Å². The lowest BCUT2D eigenvalue weighted by molar-refractivity contribution is 0.392. The fraction of sp³-hybridized carbons (Fsp3) is 0.214. The lowest BCUT2D eigenvalue weighted by Gasteiger charge is -2.20. The molecule has 6 nitrogen and oxygen atoms in total. The summed E-state index contributed by atoms with van der Waals surface area (Å²) < 4.78 is 36.8. The minimum atomic E-state index is -3.86. The molecule has 0 fully saturated rings. The summed E-state index contributed by atoms with van der Waals surface area (Å²) in [6.45, 7) is 0. The molecule has 8 heteroatoms. The van der Waals surface area contributed by atoms with Crippen molar-refractivity contribution in [2.45, 2.75) is 4.90 Å². The molecule has 0 bridgehead atoms. The van der Waals surface area contributed by atoms with Gasteiger partial charge < -0.3 is 9.47 Å². The first-order valence-electron chi connectivity index (χ1n) is 6.22. The topological polar surface area (TPSA) is 68.7 Å². The van der Waals surface area contributed by atoms with Crippen LogP contribution in [0, 0.1) is 0 Å². The summed E-state index contributed by atoms with van der Waals surface area (Å²) in [6.07, 6.45) is 1.38. The van der Waals surface area contributed by atoms with E-state index in [4.69, 9.17) is 21.1 Å². The second-order valence-corrected chi connectivity index (χ2v) is 6.70. The summed E-state index contributed by atoms with van der Waals surface area (Å²) in [6, 6.07) is 7.65. The number of anilines is 1. The van der Waals surface area contributed by atoms with Gasteiger partial charge >= 0.3 is 0 Å². The first kappa shape index (κ1) is 16.4. The number of methoxy groups -OCH3 is 2. The van der Waals surface area contributed by atoms with Gasteiger partial charge in [0.2, 0.25) is 0 Å². The van der Waals surface area contributed by atoms with Crippen LogP contribution >= 0.6 is 11.6 Å². The van der Waals surface area contributed by atoms with Gasteiger partial charge in [0.1, 0.15) is 22.2 Å². The maximum atomic E-state index is 12.8. The van der Waals surface area contributed by atoms with Gasteiger partial charge in [-0.1, -0.05) is 11.6 Å². The predicted octanol–water partition coefficient (Wildman–Crippen LogP) is 2.58. The van der Waals surface area contributed by atoms with Crippen LogP contribution in [-0.4, -0.2) is 34.7 Å². The van der Waals surface area contributed by atoms with Crippen molar-refractivity contribution in [2.24, 2.45) is 0 Å². The van der Waals surface area contributed by atoms with E-state index in [9.17, 15) is 8.42 Å². The molecule has 0 saturated carbocycles. The zero-order valence-corrected chi connectivity index (χ0v) is 13.9. The number of nitrogens with zero attached hydrogens (tertiary/aromatic N) is 2. The van der Waals surface area contributed by atoms with E-state index >= 15 is 0 Å². The highest BCUT2D eigenvalue weighted by Crippen LogP contribution is 2.31. The van der Waals surface area contributed by atoms with E-state index in [1.165, 1.54) is 45.7 Å². The number of hydrogen-bond acceptors (Lipinski definition) is 5. The van der Waals surface area contributed by atoms with Crippen molar-refractivity contribution in [1.82, 2.24) is 4.98 Å². The Labute approximate surface area is 134 Å². The van der Waals surface area contributed by atoms with Gasteiger partial charge in [-0.15, -0.1) is 0 Å². The number of benzene rings is 1. The van der Waals surface area contributed by atoms with Gasteiger partial charge in [-0.05, 0) is 24.3 Å². The third-order valence-corrected chi connectivity index (χ3v) is 5.05. The van der Waals surface area contributed by atoms with Crippen LogP contribution in [0.15, 0.2) is 41.4 Å². The van der Waals surface area contributed by atoms with E-state index in [-0.39, 0.29) is 16.5 Å². The van der Waals surface area contributed by atoms with E-state index in [1.807, 2.05) is 0 Å². The molecule has 2 rings (SSSR count). The molecule has 0 unspecified atom stereocenters. The van der Waals surface area contributed by atoms with Gasteiger partial charge in [0.15, 0.2) is 0 Å². The molecular weight excluding hydrogens is 328 g/mol. The highest BCUT2D eigenvalue weighted by Gasteiger charge is 2.26. The predicted molar refractivity (Wildman–Crippen MR) is 84.4 cm³/mol. The monoisotopic (exact) mass is 342 g/mol. The minimum Gasteiger partial charge on any atom is -0.497 e. The summed E-state index contributed by atoms with van der Waals surface area (Å²) in [5, 5.41) is 0.425. The van der Waals surface area contributed by atoms with Gasteiger partial charge in [-0.3, -0.25) is 4.31 Å². The number of pyridine rings is 1. The number of hydrogen-bond donors (Lipinski definition) is 0. The standard InChI is InChI=1S/C14H15ClN2O4S/c1-17(14-7-4-10(15)9-16-14)22(18,19)13-8-11(20-2)5-6-12(13)21-3/h4-9H,1-3H3.